The maximum Gasteiger partial charge on any atom is 0.238 e. The number of anilines is 1. The van der Waals surface area contributed by atoms with Crippen molar-refractivity contribution in [3.8, 4) is 0 Å². The fourth-order valence-electron chi connectivity index (χ4n) is 0.965. The lowest BCUT2D eigenvalue weighted by Crippen LogP contribution is -2.27. The molecule has 0 fully saturated rings. The van der Waals surface area contributed by atoms with Crippen molar-refractivity contribution in [3.05, 3.63) is 30.3 Å². The van der Waals surface area contributed by atoms with E-state index in [1.165, 1.54) is 0 Å². The molecule has 0 aliphatic carbocycles. The first kappa shape index (κ1) is 9.74. The molecule has 3 heteroatoms. The molecule has 0 saturated carbocycles. The third kappa shape index (κ3) is 3.71. The molecule has 1 amide bonds. The van der Waals surface area contributed by atoms with Gasteiger partial charge in [-0.15, -0.1) is 0 Å². The van der Waals surface area contributed by atoms with Crippen molar-refractivity contribution in [1.29, 1.82) is 0 Å². The van der Waals surface area contributed by atoms with Gasteiger partial charge < -0.3 is 10.6 Å². The molecular formula is C10H14N2O. The van der Waals surface area contributed by atoms with E-state index in [2.05, 4.69) is 10.6 Å². The lowest BCUT2D eigenvalue weighted by molar-refractivity contribution is -0.115. The van der Waals surface area contributed by atoms with Crippen molar-refractivity contribution < 1.29 is 4.79 Å². The monoisotopic (exact) mass is 178 g/mol. The molecule has 0 aliphatic rings. The Labute approximate surface area is 78.2 Å². The molecule has 0 aromatic heterocycles. The van der Waals surface area contributed by atoms with Crippen LogP contribution in [0.3, 0.4) is 0 Å². The molecule has 0 aliphatic heterocycles. The van der Waals surface area contributed by atoms with Gasteiger partial charge in [0.05, 0.1) is 6.54 Å². The number of nitrogens with one attached hydrogen (secondary N) is 2. The first-order valence-corrected chi connectivity index (χ1v) is 4.38. The molecule has 3 nitrogen and oxygen atoms in total. The van der Waals surface area contributed by atoms with Gasteiger partial charge in [-0.3, -0.25) is 4.79 Å². The predicted octanol–water partition coefficient (Wildman–Crippen LogP) is 1.23. The van der Waals surface area contributed by atoms with E-state index in [1.807, 2.05) is 37.3 Å². The van der Waals surface area contributed by atoms with Crippen molar-refractivity contribution in [3.63, 3.8) is 0 Å². The second kappa shape index (κ2) is 5.32. The summed E-state index contributed by atoms with van der Waals surface area (Å²) in [6, 6.07) is 9.43. The number of benzene rings is 1. The number of para-hydroxylation sites is 1. The minimum Gasteiger partial charge on any atom is -0.325 e. The van der Waals surface area contributed by atoms with Crippen molar-refractivity contribution in [2.75, 3.05) is 18.4 Å². The lowest BCUT2D eigenvalue weighted by Gasteiger charge is -2.04. The summed E-state index contributed by atoms with van der Waals surface area (Å²) in [5.41, 5.74) is 0.838. The van der Waals surface area contributed by atoms with E-state index < -0.39 is 0 Å². The van der Waals surface area contributed by atoms with E-state index >= 15 is 0 Å². The first-order valence-electron chi connectivity index (χ1n) is 4.38. The first-order chi connectivity index (χ1) is 6.33. The van der Waals surface area contributed by atoms with Crippen LogP contribution >= 0.6 is 0 Å². The van der Waals surface area contributed by atoms with E-state index in [-0.39, 0.29) is 5.91 Å². The molecule has 0 heterocycles. The Morgan fingerprint density at radius 2 is 2.00 bits per heavy atom. The molecule has 2 N–H and O–H groups in total. The predicted molar refractivity (Wildman–Crippen MR) is 53.6 cm³/mol. The van der Waals surface area contributed by atoms with Crippen LogP contribution in [0.2, 0.25) is 0 Å². The van der Waals surface area contributed by atoms with Gasteiger partial charge in [0.1, 0.15) is 0 Å². The average Bonchev–Trinajstić information content (AvgIpc) is 2.16. The van der Waals surface area contributed by atoms with E-state index in [0.717, 1.165) is 12.2 Å². The highest BCUT2D eigenvalue weighted by atomic mass is 16.1. The van der Waals surface area contributed by atoms with Gasteiger partial charge in [-0.25, -0.2) is 0 Å². The summed E-state index contributed by atoms with van der Waals surface area (Å²) in [7, 11) is 0. The minimum absolute atomic E-state index is 0.00644. The number of hydrogen-bond acceptors (Lipinski definition) is 2. The molecular weight excluding hydrogens is 164 g/mol. The Bertz CT molecular complexity index is 259. The van der Waals surface area contributed by atoms with Crippen LogP contribution in [0, 0.1) is 0 Å². The zero-order chi connectivity index (χ0) is 9.52. The van der Waals surface area contributed by atoms with Crippen LogP contribution in [-0.4, -0.2) is 19.0 Å². The van der Waals surface area contributed by atoms with Gasteiger partial charge in [0.15, 0.2) is 0 Å². The molecule has 0 atom stereocenters. The molecule has 1 aromatic carbocycles. The number of hydrogen-bond donors (Lipinski definition) is 2. The van der Waals surface area contributed by atoms with Gasteiger partial charge in [0.25, 0.3) is 0 Å². The molecule has 1 aromatic rings. The lowest BCUT2D eigenvalue weighted by atomic mass is 10.3. The topological polar surface area (TPSA) is 41.1 Å². The molecule has 0 saturated heterocycles. The van der Waals surface area contributed by atoms with Crippen LogP contribution in [0.15, 0.2) is 30.3 Å². The largest absolute Gasteiger partial charge is 0.325 e. The summed E-state index contributed by atoms with van der Waals surface area (Å²) in [4.78, 5) is 11.2. The molecule has 0 spiro atoms. The van der Waals surface area contributed by atoms with Crippen molar-refractivity contribution in [1.82, 2.24) is 5.32 Å². The Balaban J connectivity index is 2.37. The van der Waals surface area contributed by atoms with E-state index in [1.54, 1.807) is 0 Å². The van der Waals surface area contributed by atoms with Crippen LogP contribution in [0.25, 0.3) is 0 Å². The zero-order valence-corrected chi connectivity index (χ0v) is 7.71. The van der Waals surface area contributed by atoms with Crippen molar-refractivity contribution in [2.24, 2.45) is 0 Å². The molecule has 0 radical (unpaired) electrons. The highest BCUT2D eigenvalue weighted by Crippen LogP contribution is 2.03. The number of amides is 1. The highest BCUT2D eigenvalue weighted by molar-refractivity contribution is 5.92. The molecule has 1 rings (SSSR count). The Kier molecular flexibility index (Phi) is 3.99. The van der Waals surface area contributed by atoms with Gasteiger partial charge in [0, 0.05) is 5.69 Å². The van der Waals surface area contributed by atoms with Crippen molar-refractivity contribution >= 4 is 11.6 Å². The quantitative estimate of drug-likeness (QED) is 0.728. The summed E-state index contributed by atoms with van der Waals surface area (Å²) in [5, 5.41) is 5.73. The maximum absolute atomic E-state index is 11.2. The fraction of sp³-hybridized carbons (Fsp3) is 0.300. The molecule has 70 valence electrons. The van der Waals surface area contributed by atoms with Gasteiger partial charge in [-0.2, -0.15) is 0 Å². The van der Waals surface area contributed by atoms with Gasteiger partial charge >= 0.3 is 0 Å². The van der Waals surface area contributed by atoms with E-state index in [0.29, 0.717) is 6.54 Å². The Morgan fingerprint density at radius 1 is 1.31 bits per heavy atom. The highest BCUT2D eigenvalue weighted by Gasteiger charge is 1.98. The van der Waals surface area contributed by atoms with E-state index in [4.69, 9.17) is 0 Å². The second-order valence-electron chi connectivity index (χ2n) is 2.69. The fourth-order valence-corrected chi connectivity index (χ4v) is 0.965. The van der Waals surface area contributed by atoms with Gasteiger partial charge in [-0.1, -0.05) is 25.1 Å². The Hall–Kier alpha value is -1.35. The summed E-state index contributed by atoms with van der Waals surface area (Å²) < 4.78 is 0. The standard InChI is InChI=1S/C10H14N2O/c1-2-11-8-10(13)12-9-6-4-3-5-7-9/h3-7,11H,2,8H2,1H3,(H,12,13). The molecule has 13 heavy (non-hydrogen) atoms. The van der Waals surface area contributed by atoms with Crippen molar-refractivity contribution in [2.45, 2.75) is 6.92 Å². The number of carbonyl (C=O) groups excluding carboxylic acids is 1. The summed E-state index contributed by atoms with van der Waals surface area (Å²) in [6.07, 6.45) is 0. The summed E-state index contributed by atoms with van der Waals surface area (Å²) >= 11 is 0. The second-order valence-corrected chi connectivity index (χ2v) is 2.69. The molecule has 0 bridgehead atoms. The Morgan fingerprint density at radius 3 is 2.62 bits per heavy atom. The van der Waals surface area contributed by atoms with Crippen LogP contribution in [0.4, 0.5) is 5.69 Å². The zero-order valence-electron chi connectivity index (χ0n) is 7.71. The summed E-state index contributed by atoms with van der Waals surface area (Å²) in [6.45, 7) is 3.14. The minimum atomic E-state index is -0.00644. The van der Waals surface area contributed by atoms with Crippen LogP contribution in [0.5, 0.6) is 0 Å². The molecule has 0 unspecified atom stereocenters. The van der Waals surface area contributed by atoms with Crippen LogP contribution in [-0.2, 0) is 4.79 Å². The number of rotatable bonds is 4. The SMILES string of the molecule is CCNCC(=O)Nc1ccccc1. The van der Waals surface area contributed by atoms with Crippen LogP contribution in [0.1, 0.15) is 6.92 Å². The third-order valence-electron chi connectivity index (χ3n) is 1.59. The number of carbonyl (C=O) groups is 1. The average molecular weight is 178 g/mol. The number of likely N-dealkylation sites (N-methyl/N-ethyl adjacent to an activating group) is 1. The van der Waals surface area contributed by atoms with Crippen LogP contribution < -0.4 is 10.6 Å². The van der Waals surface area contributed by atoms with E-state index in [9.17, 15) is 4.79 Å². The van der Waals surface area contributed by atoms with Gasteiger partial charge in [0.2, 0.25) is 5.91 Å². The normalized spacial score (nSPS) is 9.62. The smallest absolute Gasteiger partial charge is 0.238 e. The summed E-state index contributed by atoms with van der Waals surface area (Å²) in [5.74, 6) is -0.00644. The third-order valence-corrected chi connectivity index (χ3v) is 1.59. The maximum atomic E-state index is 11.2. The van der Waals surface area contributed by atoms with Gasteiger partial charge in [-0.05, 0) is 18.7 Å².